The maximum atomic E-state index is 13.6. The molecule has 0 unspecified atom stereocenters. The van der Waals surface area contributed by atoms with Gasteiger partial charge < -0.3 is 4.74 Å². The lowest BCUT2D eigenvalue weighted by atomic mass is 10.0. The highest BCUT2D eigenvalue weighted by atomic mass is 32.2. The first-order valence-electron chi connectivity index (χ1n) is 11.3. The molecule has 35 heavy (non-hydrogen) atoms. The molecule has 5 aromatic rings. The lowest BCUT2D eigenvalue weighted by Gasteiger charge is -2.16. The fraction of sp³-hybridized carbons (Fsp3) is 0.185. The van der Waals surface area contributed by atoms with Crippen LogP contribution in [0.3, 0.4) is 0 Å². The molecule has 0 aliphatic rings. The van der Waals surface area contributed by atoms with Crippen molar-refractivity contribution < 1.29 is 9.53 Å². The lowest BCUT2D eigenvalue weighted by Crippen LogP contribution is -2.23. The molecule has 5 rings (SSSR count). The molecular formula is C27H24N4O3S. The highest BCUT2D eigenvalue weighted by molar-refractivity contribution is 7.99. The molecule has 0 radical (unpaired) electrons. The monoisotopic (exact) mass is 484 g/mol. The van der Waals surface area contributed by atoms with Crippen LogP contribution in [0.5, 0.6) is 5.75 Å². The first-order chi connectivity index (χ1) is 17.0. The van der Waals surface area contributed by atoms with Crippen LogP contribution in [0.1, 0.15) is 35.7 Å². The number of ether oxygens (including phenoxy) is 1. The number of hydrogen-bond donors (Lipinski definition) is 0. The van der Waals surface area contributed by atoms with E-state index in [1.54, 1.807) is 42.0 Å². The van der Waals surface area contributed by atoms with Gasteiger partial charge in [0.2, 0.25) is 5.78 Å². The number of thioether (sulfide) groups is 1. The zero-order valence-corrected chi connectivity index (χ0v) is 20.5. The number of para-hydroxylation sites is 2. The van der Waals surface area contributed by atoms with E-state index in [0.717, 1.165) is 11.3 Å². The van der Waals surface area contributed by atoms with Crippen molar-refractivity contribution in [3.05, 3.63) is 94.3 Å². The summed E-state index contributed by atoms with van der Waals surface area (Å²) in [7, 11) is 1.57. The van der Waals surface area contributed by atoms with Gasteiger partial charge in [-0.25, -0.2) is 4.57 Å². The predicted molar refractivity (Wildman–Crippen MR) is 138 cm³/mol. The Hall–Kier alpha value is -3.91. The molecule has 0 atom stereocenters. The van der Waals surface area contributed by atoms with Gasteiger partial charge in [0.15, 0.2) is 10.9 Å². The fourth-order valence-electron chi connectivity index (χ4n) is 4.18. The zero-order valence-electron chi connectivity index (χ0n) is 19.6. The molecule has 2 aromatic heterocycles. The quantitative estimate of drug-likeness (QED) is 0.235. The number of methoxy groups -OCH3 is 1. The summed E-state index contributed by atoms with van der Waals surface area (Å²) in [4.78, 5) is 26.5. The van der Waals surface area contributed by atoms with Gasteiger partial charge >= 0.3 is 0 Å². The second-order valence-electron chi connectivity index (χ2n) is 8.43. The molecule has 0 N–H and O–H groups in total. The van der Waals surface area contributed by atoms with E-state index in [4.69, 9.17) is 4.74 Å². The molecule has 0 saturated heterocycles. The molecule has 0 spiro atoms. The van der Waals surface area contributed by atoms with E-state index in [1.807, 2.05) is 46.9 Å². The number of benzene rings is 3. The minimum atomic E-state index is -0.155. The summed E-state index contributed by atoms with van der Waals surface area (Å²) in [6.07, 6.45) is 0. The molecule has 0 aliphatic heterocycles. The van der Waals surface area contributed by atoms with Crippen LogP contribution in [0.25, 0.3) is 22.4 Å². The predicted octanol–water partition coefficient (Wildman–Crippen LogP) is 5.14. The topological polar surface area (TPSA) is 78.5 Å². The molecular weight excluding hydrogens is 460 g/mol. The highest BCUT2D eigenvalue weighted by Gasteiger charge is 2.21. The Morgan fingerprint density at radius 1 is 1.00 bits per heavy atom. The summed E-state index contributed by atoms with van der Waals surface area (Å²) >= 11 is 1.29. The Kier molecular flexibility index (Phi) is 6.13. The van der Waals surface area contributed by atoms with Crippen LogP contribution in [0.4, 0.5) is 0 Å². The second-order valence-corrected chi connectivity index (χ2v) is 9.38. The first kappa shape index (κ1) is 22.9. The average molecular weight is 485 g/mol. The molecule has 0 aliphatic carbocycles. The molecule has 3 aromatic carbocycles. The van der Waals surface area contributed by atoms with Crippen LogP contribution in [0.15, 0.2) is 82.7 Å². The number of carbonyl (C=O) groups is 1. The smallest absolute Gasteiger partial charge is 0.267 e. The van der Waals surface area contributed by atoms with Gasteiger partial charge in [0.1, 0.15) is 5.75 Å². The Morgan fingerprint density at radius 3 is 2.57 bits per heavy atom. The number of Topliss-reactive ketones (excluding diaryl/α,β-unsaturated/α-hetero) is 1. The van der Waals surface area contributed by atoms with Crippen molar-refractivity contribution in [1.82, 2.24) is 19.2 Å². The number of carbonyl (C=O) groups excluding carboxylic acids is 1. The van der Waals surface area contributed by atoms with Gasteiger partial charge in [-0.15, -0.1) is 10.2 Å². The molecule has 0 saturated carbocycles. The minimum absolute atomic E-state index is 0.0477. The van der Waals surface area contributed by atoms with Gasteiger partial charge in [-0.1, -0.05) is 68.1 Å². The molecule has 0 fully saturated rings. The number of ketones is 1. The first-order valence-corrected chi connectivity index (χ1v) is 12.3. The average Bonchev–Trinajstić information content (AvgIpc) is 3.31. The normalized spacial score (nSPS) is 11.4. The summed E-state index contributed by atoms with van der Waals surface area (Å²) in [5.41, 5.74) is 2.93. The molecule has 2 heterocycles. The number of nitrogens with zero attached hydrogens (tertiary/aromatic N) is 4. The lowest BCUT2D eigenvalue weighted by molar-refractivity contribution is 0.102. The summed E-state index contributed by atoms with van der Waals surface area (Å²) < 4.78 is 8.72. The van der Waals surface area contributed by atoms with Crippen molar-refractivity contribution in [3.63, 3.8) is 0 Å². The summed E-state index contributed by atoms with van der Waals surface area (Å²) in [5, 5.41) is 9.89. The van der Waals surface area contributed by atoms with Gasteiger partial charge in [0.05, 0.1) is 29.5 Å². The van der Waals surface area contributed by atoms with Gasteiger partial charge in [0, 0.05) is 5.56 Å². The molecule has 176 valence electrons. The van der Waals surface area contributed by atoms with Crippen molar-refractivity contribution in [2.45, 2.75) is 24.9 Å². The van der Waals surface area contributed by atoms with Crippen LogP contribution < -0.4 is 10.3 Å². The van der Waals surface area contributed by atoms with Crippen molar-refractivity contribution in [3.8, 4) is 11.4 Å². The van der Waals surface area contributed by atoms with Crippen molar-refractivity contribution in [2.24, 2.45) is 0 Å². The Labute approximate surface area is 206 Å². The number of fused-ring (bicyclic) bond motifs is 3. The Morgan fingerprint density at radius 2 is 1.77 bits per heavy atom. The van der Waals surface area contributed by atoms with Crippen molar-refractivity contribution >= 4 is 34.2 Å². The third-order valence-electron chi connectivity index (χ3n) is 5.92. The van der Waals surface area contributed by atoms with Gasteiger partial charge in [0.25, 0.3) is 5.56 Å². The summed E-state index contributed by atoms with van der Waals surface area (Å²) in [5.74, 6) is 1.38. The number of rotatable bonds is 7. The van der Waals surface area contributed by atoms with Gasteiger partial charge in [-0.2, -0.15) is 0 Å². The maximum Gasteiger partial charge on any atom is 0.267 e. The molecule has 0 amide bonds. The fourth-order valence-corrected chi connectivity index (χ4v) is 5.01. The second kappa shape index (κ2) is 9.38. The third kappa shape index (κ3) is 4.10. The van der Waals surface area contributed by atoms with Crippen molar-refractivity contribution in [1.29, 1.82) is 0 Å². The van der Waals surface area contributed by atoms with Crippen LogP contribution in [0, 0.1) is 0 Å². The van der Waals surface area contributed by atoms with Crippen LogP contribution in [-0.4, -0.2) is 37.8 Å². The van der Waals surface area contributed by atoms with E-state index < -0.39 is 0 Å². The highest BCUT2D eigenvalue weighted by Crippen LogP contribution is 2.27. The van der Waals surface area contributed by atoms with E-state index >= 15 is 0 Å². The third-order valence-corrected chi connectivity index (χ3v) is 6.85. The largest absolute Gasteiger partial charge is 0.497 e. The van der Waals surface area contributed by atoms with Crippen LogP contribution in [-0.2, 0) is 0 Å². The van der Waals surface area contributed by atoms with E-state index in [2.05, 4.69) is 24.0 Å². The van der Waals surface area contributed by atoms with Crippen molar-refractivity contribution in [2.75, 3.05) is 12.9 Å². The van der Waals surface area contributed by atoms with Gasteiger partial charge in [-0.05, 0) is 41.8 Å². The summed E-state index contributed by atoms with van der Waals surface area (Å²) in [6.45, 7) is 4.19. The Bertz CT molecular complexity index is 1620. The number of aromatic nitrogens is 4. The SMILES string of the molecule is COc1cccc(C(=O)CSc2nnc3n(-c4ccccc4C(C)C)c(=O)c4ccccc4n23)c1. The minimum Gasteiger partial charge on any atom is -0.497 e. The molecule has 8 heteroatoms. The van der Waals surface area contributed by atoms with E-state index in [1.165, 1.54) is 11.8 Å². The van der Waals surface area contributed by atoms with E-state index in [9.17, 15) is 9.59 Å². The molecule has 7 nitrogen and oxygen atoms in total. The zero-order chi connectivity index (χ0) is 24.5. The number of hydrogen-bond acceptors (Lipinski definition) is 6. The summed E-state index contributed by atoms with van der Waals surface area (Å²) in [6, 6.07) is 22.3. The maximum absolute atomic E-state index is 13.6. The van der Waals surface area contributed by atoms with Crippen LogP contribution in [0.2, 0.25) is 0 Å². The van der Waals surface area contributed by atoms with E-state index in [-0.39, 0.29) is 23.0 Å². The Balaban J connectivity index is 1.64. The standard InChI is InChI=1S/C27H24N4O3S/c1-17(2)20-11-4-6-13-22(20)30-25(33)21-12-5-7-14-23(21)31-26(30)28-29-27(31)35-16-24(32)18-9-8-10-19(15-18)34-3/h4-15,17H,16H2,1-3H3. The van der Waals surface area contributed by atoms with E-state index in [0.29, 0.717) is 33.1 Å². The van der Waals surface area contributed by atoms with Crippen LogP contribution >= 0.6 is 11.8 Å². The molecule has 0 bridgehead atoms. The van der Waals surface area contributed by atoms with Gasteiger partial charge in [-0.3, -0.25) is 14.0 Å².